The lowest BCUT2D eigenvalue weighted by Gasteiger charge is -2.11. The normalized spacial score (nSPS) is 10.2. The molecule has 0 saturated heterocycles. The Balaban J connectivity index is 1.77. The molecule has 1 amide bonds. The summed E-state index contributed by atoms with van der Waals surface area (Å²) in [4.78, 5) is 22.5. The highest BCUT2D eigenvalue weighted by Gasteiger charge is 2.08. The fraction of sp³-hybridized carbons (Fsp3) is 0.263. The van der Waals surface area contributed by atoms with E-state index in [0.29, 0.717) is 17.9 Å². The van der Waals surface area contributed by atoms with Gasteiger partial charge in [0.25, 0.3) is 0 Å². The van der Waals surface area contributed by atoms with Gasteiger partial charge < -0.3 is 19.9 Å². The Morgan fingerprint density at radius 1 is 1.15 bits per heavy atom. The molecule has 0 spiro atoms. The zero-order chi connectivity index (χ0) is 18.9. The van der Waals surface area contributed by atoms with E-state index < -0.39 is 18.4 Å². The number of hydrogen-bond acceptors (Lipinski definition) is 4. The molecule has 0 saturated carbocycles. The number of hydrogen-bond donors (Lipinski definition) is 2. The molecule has 0 bridgehead atoms. The van der Waals surface area contributed by atoms with Gasteiger partial charge in [-0.2, -0.15) is 0 Å². The number of carbonyl (C=O) groups is 2. The Kier molecular flexibility index (Phi) is 6.96. The van der Waals surface area contributed by atoms with Crippen LogP contribution in [0.2, 0.25) is 0 Å². The number of carbonyl (C=O) groups excluding carboxylic acids is 1. The van der Waals surface area contributed by atoms with Gasteiger partial charge in [-0.05, 0) is 49.2 Å². The van der Waals surface area contributed by atoms with Crippen LogP contribution >= 0.6 is 0 Å². The van der Waals surface area contributed by atoms with Gasteiger partial charge in [-0.15, -0.1) is 0 Å². The molecule has 7 heteroatoms. The monoisotopic (exact) mass is 361 g/mol. The van der Waals surface area contributed by atoms with Gasteiger partial charge in [0, 0.05) is 12.1 Å². The van der Waals surface area contributed by atoms with E-state index in [4.69, 9.17) is 14.6 Å². The molecule has 138 valence electrons. The third-order valence-corrected chi connectivity index (χ3v) is 3.48. The fourth-order valence-electron chi connectivity index (χ4n) is 2.20. The van der Waals surface area contributed by atoms with Crippen LogP contribution in [0.5, 0.6) is 11.5 Å². The molecular weight excluding hydrogens is 341 g/mol. The van der Waals surface area contributed by atoms with Crippen molar-refractivity contribution in [2.24, 2.45) is 0 Å². The van der Waals surface area contributed by atoms with E-state index in [2.05, 4.69) is 5.32 Å². The summed E-state index contributed by atoms with van der Waals surface area (Å²) in [6.07, 6.45) is 0.671. The number of carboxylic acid groups (broad SMARTS) is 1. The molecule has 0 aliphatic carbocycles. The molecule has 0 aliphatic rings. The SMILES string of the molecule is Cc1cc(OCC(=O)O)ccc1NC(=O)CCCOc1ccccc1F. The largest absolute Gasteiger partial charge is 0.491 e. The number of carboxylic acids is 1. The highest BCUT2D eigenvalue weighted by atomic mass is 19.1. The van der Waals surface area contributed by atoms with Crippen molar-refractivity contribution in [2.45, 2.75) is 19.8 Å². The van der Waals surface area contributed by atoms with Gasteiger partial charge in [-0.1, -0.05) is 12.1 Å². The number of rotatable bonds is 9. The Morgan fingerprint density at radius 3 is 2.62 bits per heavy atom. The summed E-state index contributed by atoms with van der Waals surface area (Å²) in [6.45, 7) is 1.59. The van der Waals surface area contributed by atoms with Gasteiger partial charge in [0.15, 0.2) is 18.2 Å². The molecule has 0 aromatic heterocycles. The first-order chi connectivity index (χ1) is 12.5. The zero-order valence-electron chi connectivity index (χ0n) is 14.3. The van der Waals surface area contributed by atoms with E-state index in [1.54, 1.807) is 37.3 Å². The van der Waals surface area contributed by atoms with E-state index in [1.165, 1.54) is 12.1 Å². The lowest BCUT2D eigenvalue weighted by atomic mass is 10.2. The average Bonchev–Trinajstić information content (AvgIpc) is 2.60. The number of nitrogens with one attached hydrogen (secondary N) is 1. The fourth-order valence-corrected chi connectivity index (χ4v) is 2.20. The quantitative estimate of drug-likeness (QED) is 0.669. The van der Waals surface area contributed by atoms with Crippen molar-refractivity contribution < 1.29 is 28.6 Å². The number of anilines is 1. The lowest BCUT2D eigenvalue weighted by molar-refractivity contribution is -0.139. The molecule has 2 N–H and O–H groups in total. The van der Waals surface area contributed by atoms with Gasteiger partial charge in [0.1, 0.15) is 5.75 Å². The van der Waals surface area contributed by atoms with Crippen molar-refractivity contribution in [3.05, 3.63) is 53.8 Å². The number of benzene rings is 2. The predicted octanol–water partition coefficient (Wildman–Crippen LogP) is 3.40. The van der Waals surface area contributed by atoms with Crippen molar-refractivity contribution in [3.63, 3.8) is 0 Å². The van der Waals surface area contributed by atoms with Crippen molar-refractivity contribution in [3.8, 4) is 11.5 Å². The van der Waals surface area contributed by atoms with Crippen LogP contribution < -0.4 is 14.8 Å². The van der Waals surface area contributed by atoms with Crippen LogP contribution in [0.25, 0.3) is 0 Å². The van der Waals surface area contributed by atoms with E-state index in [1.807, 2.05) is 0 Å². The van der Waals surface area contributed by atoms with Crippen LogP contribution in [0.15, 0.2) is 42.5 Å². The molecular formula is C19H20FNO5. The van der Waals surface area contributed by atoms with Gasteiger partial charge in [-0.25, -0.2) is 9.18 Å². The number of para-hydroxylation sites is 1. The molecule has 0 fully saturated rings. The lowest BCUT2D eigenvalue weighted by Crippen LogP contribution is -2.14. The van der Waals surface area contributed by atoms with Gasteiger partial charge in [0.2, 0.25) is 5.91 Å². The molecule has 0 heterocycles. The minimum absolute atomic E-state index is 0.167. The molecule has 2 aromatic carbocycles. The van der Waals surface area contributed by atoms with E-state index >= 15 is 0 Å². The average molecular weight is 361 g/mol. The third-order valence-electron chi connectivity index (χ3n) is 3.48. The molecule has 0 aliphatic heterocycles. The maximum atomic E-state index is 13.4. The zero-order valence-corrected chi connectivity index (χ0v) is 14.3. The second-order valence-corrected chi connectivity index (χ2v) is 5.59. The first-order valence-electron chi connectivity index (χ1n) is 8.08. The summed E-state index contributed by atoms with van der Waals surface area (Å²) >= 11 is 0. The molecule has 0 atom stereocenters. The first-order valence-corrected chi connectivity index (χ1v) is 8.08. The molecule has 0 unspecified atom stereocenters. The Bertz CT molecular complexity index is 778. The summed E-state index contributed by atoms with van der Waals surface area (Å²) in [5.41, 5.74) is 1.37. The molecule has 26 heavy (non-hydrogen) atoms. The van der Waals surface area contributed by atoms with Crippen LogP contribution in [0.4, 0.5) is 10.1 Å². The van der Waals surface area contributed by atoms with Crippen molar-refractivity contribution in [1.29, 1.82) is 0 Å². The van der Waals surface area contributed by atoms with Crippen LogP contribution in [0, 0.1) is 12.7 Å². The first kappa shape index (κ1) is 19.2. The number of aryl methyl sites for hydroxylation is 1. The minimum atomic E-state index is -1.06. The summed E-state index contributed by atoms with van der Waals surface area (Å²) in [7, 11) is 0. The van der Waals surface area contributed by atoms with E-state index in [0.717, 1.165) is 5.56 Å². The standard InChI is InChI=1S/C19H20FNO5/c1-13-11-14(26-12-19(23)24)8-9-16(13)21-18(22)7-4-10-25-17-6-3-2-5-15(17)20/h2-3,5-6,8-9,11H,4,7,10,12H2,1H3,(H,21,22)(H,23,24). The number of halogens is 1. The van der Waals surface area contributed by atoms with Crippen LogP contribution in [-0.2, 0) is 9.59 Å². The summed E-state index contributed by atoms with van der Waals surface area (Å²) in [5.74, 6) is -1.10. The Hall–Kier alpha value is -3.09. The van der Waals surface area contributed by atoms with E-state index in [9.17, 15) is 14.0 Å². The topological polar surface area (TPSA) is 84.9 Å². The summed E-state index contributed by atoms with van der Waals surface area (Å²) in [5, 5.41) is 11.4. The van der Waals surface area contributed by atoms with Gasteiger partial charge in [0.05, 0.1) is 6.61 Å². The van der Waals surface area contributed by atoms with Crippen LogP contribution in [-0.4, -0.2) is 30.2 Å². The molecule has 2 aromatic rings. The summed E-state index contributed by atoms with van der Waals surface area (Å²) < 4.78 is 23.8. The van der Waals surface area contributed by atoms with Crippen LogP contribution in [0.3, 0.4) is 0 Å². The summed E-state index contributed by atoms with van der Waals surface area (Å²) in [6, 6.07) is 11.0. The van der Waals surface area contributed by atoms with Crippen molar-refractivity contribution in [2.75, 3.05) is 18.5 Å². The van der Waals surface area contributed by atoms with Gasteiger partial charge >= 0.3 is 5.97 Å². The molecule has 2 rings (SSSR count). The van der Waals surface area contributed by atoms with Crippen molar-refractivity contribution in [1.82, 2.24) is 0 Å². The Morgan fingerprint density at radius 2 is 1.92 bits per heavy atom. The Labute approximate surface area is 150 Å². The van der Waals surface area contributed by atoms with Crippen molar-refractivity contribution >= 4 is 17.6 Å². The maximum absolute atomic E-state index is 13.4. The van der Waals surface area contributed by atoms with E-state index in [-0.39, 0.29) is 24.7 Å². The maximum Gasteiger partial charge on any atom is 0.341 e. The highest BCUT2D eigenvalue weighted by Crippen LogP contribution is 2.22. The smallest absolute Gasteiger partial charge is 0.341 e. The molecule has 6 nitrogen and oxygen atoms in total. The second-order valence-electron chi connectivity index (χ2n) is 5.59. The predicted molar refractivity (Wildman–Crippen MR) is 94.1 cm³/mol. The van der Waals surface area contributed by atoms with Crippen LogP contribution in [0.1, 0.15) is 18.4 Å². The highest BCUT2D eigenvalue weighted by molar-refractivity contribution is 5.91. The van der Waals surface area contributed by atoms with Gasteiger partial charge in [-0.3, -0.25) is 4.79 Å². The second kappa shape index (κ2) is 9.41. The number of aliphatic carboxylic acids is 1. The number of ether oxygens (including phenoxy) is 2. The number of amides is 1. The third kappa shape index (κ3) is 6.08. The minimum Gasteiger partial charge on any atom is -0.491 e. The molecule has 0 radical (unpaired) electrons.